The summed E-state index contributed by atoms with van der Waals surface area (Å²) in [6.07, 6.45) is 4.80. The second-order valence-electron chi connectivity index (χ2n) is 6.32. The van der Waals surface area contributed by atoms with Gasteiger partial charge in [-0.3, -0.25) is 9.59 Å². The van der Waals surface area contributed by atoms with Crippen molar-refractivity contribution in [2.24, 2.45) is 17.6 Å². The van der Waals surface area contributed by atoms with Gasteiger partial charge in [-0.15, -0.1) is 0 Å². The van der Waals surface area contributed by atoms with E-state index in [0.29, 0.717) is 0 Å². The zero-order valence-corrected chi connectivity index (χ0v) is 12.0. The van der Waals surface area contributed by atoms with Crippen molar-refractivity contribution >= 4 is 11.9 Å². The summed E-state index contributed by atoms with van der Waals surface area (Å²) >= 11 is 0. The topological polar surface area (TPSA) is 89.6 Å². The van der Waals surface area contributed by atoms with Gasteiger partial charge in [-0.25, -0.2) is 0 Å². The van der Waals surface area contributed by atoms with Gasteiger partial charge >= 0.3 is 11.9 Å². The van der Waals surface area contributed by atoms with E-state index < -0.39 is 29.5 Å². The monoisotopic (exact) mass is 271 g/mol. The van der Waals surface area contributed by atoms with E-state index in [1.54, 1.807) is 20.8 Å². The third-order valence-electron chi connectivity index (χ3n) is 3.51. The fourth-order valence-corrected chi connectivity index (χ4v) is 2.66. The van der Waals surface area contributed by atoms with E-state index in [2.05, 4.69) is 0 Å². The molecule has 19 heavy (non-hydrogen) atoms. The first-order valence-corrected chi connectivity index (χ1v) is 6.93. The smallest absolute Gasteiger partial charge is 0.324 e. The van der Waals surface area contributed by atoms with Gasteiger partial charge in [-0.2, -0.15) is 0 Å². The molecule has 1 rings (SSSR count). The highest BCUT2D eigenvalue weighted by Crippen LogP contribution is 2.32. The predicted molar refractivity (Wildman–Crippen MR) is 71.5 cm³/mol. The van der Waals surface area contributed by atoms with Crippen LogP contribution in [0.5, 0.6) is 0 Å². The molecule has 0 aromatic heterocycles. The third kappa shape index (κ3) is 4.82. The van der Waals surface area contributed by atoms with Crippen molar-refractivity contribution in [1.29, 1.82) is 0 Å². The normalized spacial score (nSPS) is 20.6. The number of carbonyl (C=O) groups is 2. The molecule has 0 bridgehead atoms. The number of aliphatic carboxylic acids is 1. The maximum atomic E-state index is 11.9. The lowest BCUT2D eigenvalue weighted by Gasteiger charge is -2.31. The van der Waals surface area contributed by atoms with Crippen molar-refractivity contribution in [3.05, 3.63) is 0 Å². The summed E-state index contributed by atoms with van der Waals surface area (Å²) in [5.74, 6) is -2.47. The van der Waals surface area contributed by atoms with Crippen LogP contribution in [-0.2, 0) is 14.3 Å². The zero-order chi connectivity index (χ0) is 14.6. The SMILES string of the molecule is CC(C)(C)OC(=O)C(N)C(C(=O)O)C1CCCCC1. The Bertz CT molecular complexity index is 329. The van der Waals surface area contributed by atoms with Crippen LogP contribution in [0, 0.1) is 11.8 Å². The quantitative estimate of drug-likeness (QED) is 0.763. The summed E-state index contributed by atoms with van der Waals surface area (Å²) < 4.78 is 5.19. The number of esters is 1. The molecule has 1 aliphatic rings. The fourth-order valence-electron chi connectivity index (χ4n) is 2.66. The molecule has 0 radical (unpaired) electrons. The summed E-state index contributed by atoms with van der Waals surface area (Å²) in [7, 11) is 0. The molecule has 1 aliphatic carbocycles. The number of carboxylic acids is 1. The zero-order valence-electron chi connectivity index (χ0n) is 12.0. The molecule has 3 N–H and O–H groups in total. The van der Waals surface area contributed by atoms with Gasteiger partial charge in [0.25, 0.3) is 0 Å². The Morgan fingerprint density at radius 3 is 2.16 bits per heavy atom. The first-order valence-electron chi connectivity index (χ1n) is 6.93. The first-order chi connectivity index (χ1) is 8.72. The Hall–Kier alpha value is -1.10. The molecule has 1 fully saturated rings. The number of carbonyl (C=O) groups excluding carboxylic acids is 1. The van der Waals surface area contributed by atoms with Crippen LogP contribution in [0.1, 0.15) is 52.9 Å². The maximum absolute atomic E-state index is 11.9. The standard InChI is InChI=1S/C14H25NO4/c1-14(2,3)19-13(18)11(15)10(12(16)17)9-7-5-4-6-8-9/h9-11H,4-8,15H2,1-3H3,(H,16,17). The van der Waals surface area contributed by atoms with Crippen LogP contribution in [0.3, 0.4) is 0 Å². The molecule has 1 saturated carbocycles. The van der Waals surface area contributed by atoms with Crippen LogP contribution in [0.4, 0.5) is 0 Å². The van der Waals surface area contributed by atoms with Crippen LogP contribution in [0.25, 0.3) is 0 Å². The second-order valence-corrected chi connectivity index (χ2v) is 6.32. The first kappa shape index (κ1) is 16.0. The minimum atomic E-state index is -1.08. The van der Waals surface area contributed by atoms with E-state index in [0.717, 1.165) is 32.1 Å². The molecule has 0 amide bonds. The highest BCUT2D eigenvalue weighted by atomic mass is 16.6. The van der Waals surface area contributed by atoms with Crippen molar-refractivity contribution in [2.75, 3.05) is 0 Å². The lowest BCUT2D eigenvalue weighted by atomic mass is 9.77. The highest BCUT2D eigenvalue weighted by Gasteiger charge is 2.39. The van der Waals surface area contributed by atoms with E-state index in [1.807, 2.05) is 0 Å². The van der Waals surface area contributed by atoms with Gasteiger partial charge in [0.2, 0.25) is 0 Å². The van der Waals surface area contributed by atoms with Gasteiger partial charge in [0.1, 0.15) is 11.6 Å². The Labute approximate surface area is 114 Å². The minimum absolute atomic E-state index is 0.0197. The number of carboxylic acid groups (broad SMARTS) is 1. The number of hydrogen-bond acceptors (Lipinski definition) is 4. The molecule has 5 heteroatoms. The van der Waals surface area contributed by atoms with Crippen LogP contribution in [-0.4, -0.2) is 28.7 Å². The van der Waals surface area contributed by atoms with Gasteiger partial charge < -0.3 is 15.6 Å². The van der Waals surface area contributed by atoms with Gasteiger partial charge in [0.15, 0.2) is 0 Å². The summed E-state index contributed by atoms with van der Waals surface area (Å²) in [5.41, 5.74) is 5.20. The summed E-state index contributed by atoms with van der Waals surface area (Å²) in [6.45, 7) is 5.23. The van der Waals surface area contributed by atoms with Crippen molar-refractivity contribution < 1.29 is 19.4 Å². The van der Waals surface area contributed by atoms with E-state index in [-0.39, 0.29) is 5.92 Å². The Morgan fingerprint density at radius 1 is 1.21 bits per heavy atom. The van der Waals surface area contributed by atoms with E-state index in [4.69, 9.17) is 10.5 Å². The molecule has 110 valence electrons. The van der Waals surface area contributed by atoms with Crippen LogP contribution in [0.2, 0.25) is 0 Å². The van der Waals surface area contributed by atoms with Gasteiger partial charge in [0.05, 0.1) is 5.92 Å². The summed E-state index contributed by atoms with van der Waals surface area (Å²) in [4.78, 5) is 23.4. The number of ether oxygens (including phenoxy) is 1. The Morgan fingerprint density at radius 2 is 1.74 bits per heavy atom. The largest absolute Gasteiger partial charge is 0.481 e. The molecule has 2 unspecified atom stereocenters. The van der Waals surface area contributed by atoms with Crippen LogP contribution in [0.15, 0.2) is 0 Å². The van der Waals surface area contributed by atoms with Crippen LogP contribution >= 0.6 is 0 Å². The molecule has 0 spiro atoms. The molecular formula is C14H25NO4. The average molecular weight is 271 g/mol. The minimum Gasteiger partial charge on any atom is -0.481 e. The Balaban J connectivity index is 2.74. The second kappa shape index (κ2) is 6.37. The van der Waals surface area contributed by atoms with E-state index >= 15 is 0 Å². The lowest BCUT2D eigenvalue weighted by Crippen LogP contribution is -2.48. The highest BCUT2D eigenvalue weighted by molar-refractivity contribution is 5.84. The molecule has 5 nitrogen and oxygen atoms in total. The summed E-state index contributed by atoms with van der Waals surface area (Å²) in [6, 6.07) is -1.08. The molecule has 0 aliphatic heterocycles. The van der Waals surface area contributed by atoms with E-state index in [1.165, 1.54) is 0 Å². The summed E-state index contributed by atoms with van der Waals surface area (Å²) in [5, 5.41) is 9.36. The van der Waals surface area contributed by atoms with Gasteiger partial charge in [-0.05, 0) is 39.5 Å². The van der Waals surface area contributed by atoms with Crippen molar-refractivity contribution in [3.8, 4) is 0 Å². The number of hydrogen-bond donors (Lipinski definition) is 2. The predicted octanol–water partition coefficient (Wildman–Crippen LogP) is 1.94. The van der Waals surface area contributed by atoms with E-state index in [9.17, 15) is 14.7 Å². The molecule has 2 atom stereocenters. The van der Waals surface area contributed by atoms with Crippen molar-refractivity contribution in [1.82, 2.24) is 0 Å². The number of rotatable bonds is 4. The van der Waals surface area contributed by atoms with Crippen molar-refractivity contribution in [3.63, 3.8) is 0 Å². The number of nitrogens with two attached hydrogens (primary N) is 1. The van der Waals surface area contributed by atoms with Crippen molar-refractivity contribution in [2.45, 2.75) is 64.5 Å². The van der Waals surface area contributed by atoms with Crippen LogP contribution < -0.4 is 5.73 Å². The maximum Gasteiger partial charge on any atom is 0.324 e. The molecule has 0 saturated heterocycles. The molecule has 0 aromatic carbocycles. The average Bonchev–Trinajstić information content (AvgIpc) is 2.27. The Kier molecular flexibility index (Phi) is 5.35. The third-order valence-corrected chi connectivity index (χ3v) is 3.51. The molecule has 0 aromatic rings. The lowest BCUT2D eigenvalue weighted by molar-refractivity contribution is -0.163. The molecule has 0 heterocycles. The van der Waals surface area contributed by atoms with Gasteiger partial charge in [-0.1, -0.05) is 19.3 Å². The molecular weight excluding hydrogens is 246 g/mol. The van der Waals surface area contributed by atoms with Gasteiger partial charge in [0, 0.05) is 0 Å². The fraction of sp³-hybridized carbons (Fsp3) is 0.857.